The van der Waals surface area contributed by atoms with Gasteiger partial charge in [0.05, 0.1) is 28.6 Å². The molecule has 0 radical (unpaired) electrons. The number of halogens is 2. The number of esters is 1. The van der Waals surface area contributed by atoms with E-state index in [2.05, 4.69) is 0 Å². The van der Waals surface area contributed by atoms with Gasteiger partial charge in [0.2, 0.25) is 0 Å². The fraction of sp³-hybridized carbons (Fsp3) is 0.261. The van der Waals surface area contributed by atoms with Gasteiger partial charge in [-0.3, -0.25) is 14.5 Å². The molecular weight excluding hydrogens is 489 g/mol. The van der Waals surface area contributed by atoms with Crippen LogP contribution in [0.3, 0.4) is 0 Å². The van der Waals surface area contributed by atoms with Crippen LogP contribution in [0.25, 0.3) is 6.08 Å². The molecule has 0 spiro atoms. The minimum atomic E-state index is -0.778. The van der Waals surface area contributed by atoms with E-state index in [0.717, 1.165) is 16.7 Å². The summed E-state index contributed by atoms with van der Waals surface area (Å²) in [6.45, 7) is 5.13. The quantitative estimate of drug-likeness (QED) is 0.396. The van der Waals surface area contributed by atoms with E-state index >= 15 is 0 Å². The number of imide groups is 1. The zero-order valence-electron chi connectivity index (χ0n) is 18.3. The molecule has 2 amide bonds. The number of aromatic hydroxyl groups is 1. The van der Waals surface area contributed by atoms with Gasteiger partial charge < -0.3 is 14.6 Å². The molecule has 33 heavy (non-hydrogen) atoms. The topological polar surface area (TPSA) is 93.1 Å². The van der Waals surface area contributed by atoms with Crippen LogP contribution < -0.4 is 4.74 Å². The van der Waals surface area contributed by atoms with Crippen LogP contribution in [0.2, 0.25) is 10.0 Å². The standard InChI is InChI=1S/C23H21Cl2NO6S/c1-23(2,3)32-21(29)14-7-13(9-17(31-4)19(14)27)10-18-20(28)26(22(30)33-18)11-12-5-6-15(24)16(25)8-12/h5-10,27H,11H2,1-4H3/b18-10-. The number of ether oxygens (including phenoxy) is 2. The van der Waals surface area contributed by atoms with E-state index in [1.54, 1.807) is 39.0 Å². The molecule has 1 fully saturated rings. The molecule has 1 saturated heterocycles. The number of hydrogen-bond acceptors (Lipinski definition) is 7. The Kier molecular flexibility index (Phi) is 7.31. The third kappa shape index (κ3) is 5.82. The first-order chi connectivity index (χ1) is 15.4. The van der Waals surface area contributed by atoms with Crippen molar-refractivity contribution in [1.82, 2.24) is 4.90 Å². The molecule has 1 N–H and O–H groups in total. The summed E-state index contributed by atoms with van der Waals surface area (Å²) in [5.41, 5.74) is 0.127. The zero-order valence-corrected chi connectivity index (χ0v) is 20.6. The van der Waals surface area contributed by atoms with Gasteiger partial charge in [-0.1, -0.05) is 29.3 Å². The van der Waals surface area contributed by atoms with Gasteiger partial charge in [0, 0.05) is 0 Å². The predicted octanol–water partition coefficient (Wildman–Crippen LogP) is 5.90. The molecule has 2 aromatic rings. The summed E-state index contributed by atoms with van der Waals surface area (Å²) >= 11 is 12.7. The summed E-state index contributed by atoms with van der Waals surface area (Å²) in [5, 5.41) is 10.6. The van der Waals surface area contributed by atoms with Crippen LogP contribution in [0, 0.1) is 0 Å². The van der Waals surface area contributed by atoms with E-state index in [-0.39, 0.29) is 28.5 Å². The highest BCUT2D eigenvalue weighted by atomic mass is 35.5. The highest BCUT2D eigenvalue weighted by Gasteiger charge is 2.35. The van der Waals surface area contributed by atoms with E-state index in [1.165, 1.54) is 25.3 Å². The van der Waals surface area contributed by atoms with Crippen LogP contribution in [0.1, 0.15) is 42.3 Å². The number of methoxy groups -OCH3 is 1. The number of phenols is 1. The van der Waals surface area contributed by atoms with Gasteiger partial charge in [-0.05, 0) is 74.0 Å². The normalized spacial score (nSPS) is 15.3. The molecule has 0 aromatic heterocycles. The van der Waals surface area contributed by atoms with E-state index in [9.17, 15) is 19.5 Å². The van der Waals surface area contributed by atoms with Crippen LogP contribution in [0.5, 0.6) is 11.5 Å². The minimum Gasteiger partial charge on any atom is -0.504 e. The third-order valence-electron chi connectivity index (χ3n) is 4.43. The summed E-state index contributed by atoms with van der Waals surface area (Å²) in [4.78, 5) is 39.2. The molecule has 1 aliphatic heterocycles. The highest BCUT2D eigenvalue weighted by Crippen LogP contribution is 2.37. The molecule has 0 bridgehead atoms. The van der Waals surface area contributed by atoms with Crippen LogP contribution in [-0.2, 0) is 16.1 Å². The summed E-state index contributed by atoms with van der Waals surface area (Å²) in [7, 11) is 1.34. The lowest BCUT2D eigenvalue weighted by atomic mass is 10.1. The van der Waals surface area contributed by atoms with E-state index in [0.29, 0.717) is 21.2 Å². The summed E-state index contributed by atoms with van der Waals surface area (Å²) in [5.74, 6) is -1.60. The first-order valence-corrected chi connectivity index (χ1v) is 11.3. The summed E-state index contributed by atoms with van der Waals surface area (Å²) < 4.78 is 10.5. The number of hydrogen-bond donors (Lipinski definition) is 1. The van der Waals surface area contributed by atoms with Gasteiger partial charge in [-0.25, -0.2) is 4.79 Å². The van der Waals surface area contributed by atoms with Crippen LogP contribution >= 0.6 is 35.0 Å². The number of thioether (sulfide) groups is 1. The maximum atomic E-state index is 12.9. The number of carbonyl (C=O) groups excluding carboxylic acids is 3. The van der Waals surface area contributed by atoms with Gasteiger partial charge in [0.25, 0.3) is 11.1 Å². The lowest BCUT2D eigenvalue weighted by Gasteiger charge is -2.20. The van der Waals surface area contributed by atoms with Gasteiger partial charge in [0.1, 0.15) is 11.2 Å². The third-order valence-corrected chi connectivity index (χ3v) is 6.08. The first-order valence-electron chi connectivity index (χ1n) is 9.73. The van der Waals surface area contributed by atoms with Crippen LogP contribution in [0.4, 0.5) is 4.79 Å². The van der Waals surface area contributed by atoms with Crippen LogP contribution in [0.15, 0.2) is 35.2 Å². The second kappa shape index (κ2) is 9.67. The Morgan fingerprint density at radius 3 is 2.45 bits per heavy atom. The molecule has 0 saturated carbocycles. The Hall–Kier alpha value is -2.68. The Bertz CT molecular complexity index is 1170. The molecule has 0 atom stereocenters. The van der Waals surface area contributed by atoms with Gasteiger partial charge >= 0.3 is 5.97 Å². The molecule has 0 unspecified atom stereocenters. The minimum absolute atomic E-state index is 0.0274. The Balaban J connectivity index is 1.91. The van der Waals surface area contributed by atoms with E-state index in [4.69, 9.17) is 32.7 Å². The Labute approximate surface area is 205 Å². The van der Waals surface area contributed by atoms with E-state index in [1.807, 2.05) is 0 Å². The lowest BCUT2D eigenvalue weighted by Crippen LogP contribution is -2.27. The fourth-order valence-corrected chi connectivity index (χ4v) is 4.12. The van der Waals surface area contributed by atoms with Crippen molar-refractivity contribution in [2.75, 3.05) is 7.11 Å². The van der Waals surface area contributed by atoms with Crippen molar-refractivity contribution in [3.05, 3.63) is 62.0 Å². The predicted molar refractivity (Wildman–Crippen MR) is 128 cm³/mol. The molecule has 1 heterocycles. The lowest BCUT2D eigenvalue weighted by molar-refractivity contribution is -0.123. The van der Waals surface area contributed by atoms with Crippen molar-refractivity contribution in [3.8, 4) is 11.5 Å². The first kappa shape index (κ1) is 25.0. The smallest absolute Gasteiger partial charge is 0.342 e. The molecule has 7 nitrogen and oxygen atoms in total. The zero-order chi connectivity index (χ0) is 24.5. The van der Waals surface area contributed by atoms with E-state index < -0.39 is 22.7 Å². The molecule has 1 aliphatic rings. The van der Waals surface area contributed by atoms with Crippen molar-refractivity contribution in [3.63, 3.8) is 0 Å². The molecule has 2 aromatic carbocycles. The van der Waals surface area contributed by atoms with Crippen molar-refractivity contribution >= 4 is 58.2 Å². The van der Waals surface area contributed by atoms with Crippen LogP contribution in [-0.4, -0.2) is 39.8 Å². The van der Waals surface area contributed by atoms with Crippen molar-refractivity contribution in [2.45, 2.75) is 32.9 Å². The molecule has 0 aliphatic carbocycles. The number of phenolic OH excluding ortho intramolecular Hbond substituents is 1. The van der Waals surface area contributed by atoms with Gasteiger partial charge in [-0.15, -0.1) is 0 Å². The number of benzene rings is 2. The number of rotatable bonds is 5. The van der Waals surface area contributed by atoms with Crippen molar-refractivity contribution < 1.29 is 29.0 Å². The number of carbonyl (C=O) groups is 3. The average Bonchev–Trinajstić information content (AvgIpc) is 2.97. The highest BCUT2D eigenvalue weighted by molar-refractivity contribution is 8.18. The largest absolute Gasteiger partial charge is 0.504 e. The van der Waals surface area contributed by atoms with Gasteiger partial charge in [-0.2, -0.15) is 0 Å². The molecular formula is C23H21Cl2NO6S. The molecule has 3 rings (SSSR count). The van der Waals surface area contributed by atoms with Crippen molar-refractivity contribution in [1.29, 1.82) is 0 Å². The Morgan fingerprint density at radius 1 is 1.15 bits per heavy atom. The molecule has 10 heteroatoms. The summed E-state index contributed by atoms with van der Waals surface area (Å²) in [6.07, 6.45) is 1.45. The fourth-order valence-electron chi connectivity index (χ4n) is 2.96. The average molecular weight is 510 g/mol. The maximum absolute atomic E-state index is 12.9. The second-order valence-corrected chi connectivity index (χ2v) is 9.95. The van der Waals surface area contributed by atoms with Gasteiger partial charge in [0.15, 0.2) is 11.5 Å². The SMILES string of the molecule is COc1cc(/C=C2\SC(=O)N(Cc3ccc(Cl)c(Cl)c3)C2=O)cc(C(=O)OC(C)(C)C)c1O. The molecule has 174 valence electrons. The monoisotopic (exact) mass is 509 g/mol. The van der Waals surface area contributed by atoms with Crippen molar-refractivity contribution in [2.24, 2.45) is 0 Å². The summed E-state index contributed by atoms with van der Waals surface area (Å²) in [6, 6.07) is 7.69. The number of nitrogens with zero attached hydrogens (tertiary/aromatic N) is 1. The maximum Gasteiger partial charge on any atom is 0.342 e. The number of amides is 2. The second-order valence-electron chi connectivity index (χ2n) is 8.14. The Morgan fingerprint density at radius 2 is 1.85 bits per heavy atom.